The van der Waals surface area contributed by atoms with Crippen LogP contribution in [0.25, 0.3) is 0 Å². The molecule has 0 unspecified atom stereocenters. The summed E-state index contributed by atoms with van der Waals surface area (Å²) in [5.41, 5.74) is -0.450. The number of hydrogen-bond acceptors (Lipinski definition) is 3. The lowest BCUT2D eigenvalue weighted by Gasteiger charge is -2.21. The second-order valence-corrected chi connectivity index (χ2v) is 5.30. The maximum absolute atomic E-state index is 11.1. The molecule has 0 heterocycles. The summed E-state index contributed by atoms with van der Waals surface area (Å²) in [6.07, 6.45) is 2.32. The molecule has 21 heavy (non-hydrogen) atoms. The molecule has 114 valence electrons. The van der Waals surface area contributed by atoms with Gasteiger partial charge in [-0.2, -0.15) is 0 Å². The van der Waals surface area contributed by atoms with E-state index in [1.807, 2.05) is 37.3 Å². The van der Waals surface area contributed by atoms with Gasteiger partial charge in [0.1, 0.15) is 11.6 Å². The first-order valence-electron chi connectivity index (χ1n) is 7.21. The molecule has 0 aliphatic carbocycles. The highest BCUT2D eigenvalue weighted by Crippen LogP contribution is 2.05. The highest BCUT2D eigenvalue weighted by Gasteiger charge is 2.22. The lowest BCUT2D eigenvalue weighted by Crippen LogP contribution is -2.45. The van der Waals surface area contributed by atoms with Gasteiger partial charge in [-0.1, -0.05) is 49.8 Å². The fraction of sp³-hybridized carbons (Fsp3) is 0.471. The Morgan fingerprint density at radius 1 is 1.38 bits per heavy atom. The van der Waals surface area contributed by atoms with Gasteiger partial charge in [0.15, 0.2) is 0 Å². The second kappa shape index (κ2) is 8.46. The van der Waals surface area contributed by atoms with Gasteiger partial charge in [-0.3, -0.25) is 4.79 Å². The molecule has 0 spiro atoms. The van der Waals surface area contributed by atoms with Crippen molar-refractivity contribution >= 4 is 5.97 Å². The SMILES string of the molecule is CCCC[C@H](NC[C@@](C)(O)C#Cc1ccccc1)C(=O)O. The molecule has 3 N–H and O–H groups in total. The highest BCUT2D eigenvalue weighted by atomic mass is 16.4. The summed E-state index contributed by atoms with van der Waals surface area (Å²) in [5, 5.41) is 22.2. The standard InChI is InChI=1S/C17H23NO3/c1-3-4-10-15(16(19)20)18-13-17(2,21)12-11-14-8-6-5-7-9-14/h5-9,15,18,21H,3-4,10,13H2,1-2H3,(H,19,20)/t15-,17-/m0/s1. The van der Waals surface area contributed by atoms with Crippen molar-refractivity contribution in [2.45, 2.75) is 44.8 Å². The van der Waals surface area contributed by atoms with Crippen LogP contribution >= 0.6 is 0 Å². The van der Waals surface area contributed by atoms with Crippen molar-refractivity contribution in [1.82, 2.24) is 5.32 Å². The number of rotatable bonds is 7. The second-order valence-electron chi connectivity index (χ2n) is 5.30. The van der Waals surface area contributed by atoms with Crippen LogP contribution in [0.2, 0.25) is 0 Å². The fourth-order valence-electron chi connectivity index (χ4n) is 1.82. The molecule has 2 atom stereocenters. The Hall–Kier alpha value is -1.83. The van der Waals surface area contributed by atoms with Crippen LogP contribution in [0.3, 0.4) is 0 Å². The number of carboxylic acids is 1. The zero-order chi connectivity index (χ0) is 15.7. The summed E-state index contributed by atoms with van der Waals surface area (Å²) in [5.74, 6) is 4.78. The monoisotopic (exact) mass is 289 g/mol. The van der Waals surface area contributed by atoms with E-state index in [0.717, 1.165) is 18.4 Å². The zero-order valence-corrected chi connectivity index (χ0v) is 12.6. The first-order chi connectivity index (χ1) is 9.94. The van der Waals surface area contributed by atoms with Gasteiger partial charge in [0.2, 0.25) is 0 Å². The molecule has 0 aromatic heterocycles. The van der Waals surface area contributed by atoms with Gasteiger partial charge in [0.05, 0.1) is 0 Å². The van der Waals surface area contributed by atoms with Crippen molar-refractivity contribution in [3.8, 4) is 11.8 Å². The highest BCUT2D eigenvalue weighted by molar-refractivity contribution is 5.73. The Balaban J connectivity index is 2.59. The number of carboxylic acid groups (broad SMARTS) is 1. The molecule has 1 aromatic rings. The number of aliphatic carboxylic acids is 1. The smallest absolute Gasteiger partial charge is 0.320 e. The van der Waals surface area contributed by atoms with Crippen molar-refractivity contribution in [3.63, 3.8) is 0 Å². The average molecular weight is 289 g/mol. The number of aliphatic hydroxyl groups is 1. The third kappa shape index (κ3) is 6.94. The number of nitrogens with one attached hydrogen (secondary N) is 1. The molecular weight excluding hydrogens is 266 g/mol. The van der Waals surface area contributed by atoms with Crippen LogP contribution in [0.5, 0.6) is 0 Å². The Morgan fingerprint density at radius 3 is 2.62 bits per heavy atom. The molecule has 0 bridgehead atoms. The third-order valence-electron chi connectivity index (χ3n) is 3.09. The molecular formula is C17H23NO3. The summed E-state index contributed by atoms with van der Waals surface area (Å²) in [4.78, 5) is 11.1. The first-order valence-corrected chi connectivity index (χ1v) is 7.21. The van der Waals surface area contributed by atoms with Crippen LogP contribution in [0.1, 0.15) is 38.7 Å². The van der Waals surface area contributed by atoms with Crippen LogP contribution in [-0.2, 0) is 4.79 Å². The van der Waals surface area contributed by atoms with E-state index in [9.17, 15) is 9.90 Å². The number of hydrogen-bond donors (Lipinski definition) is 3. The molecule has 0 saturated carbocycles. The van der Waals surface area contributed by atoms with E-state index < -0.39 is 17.6 Å². The van der Waals surface area contributed by atoms with E-state index in [1.165, 1.54) is 0 Å². The van der Waals surface area contributed by atoms with Gasteiger partial charge in [-0.15, -0.1) is 0 Å². The molecule has 1 aromatic carbocycles. The number of benzene rings is 1. The van der Waals surface area contributed by atoms with Crippen molar-refractivity contribution in [2.75, 3.05) is 6.54 Å². The van der Waals surface area contributed by atoms with E-state index in [0.29, 0.717) is 6.42 Å². The third-order valence-corrected chi connectivity index (χ3v) is 3.09. The minimum atomic E-state index is -1.27. The Morgan fingerprint density at radius 2 is 2.05 bits per heavy atom. The Kier molecular flexibility index (Phi) is 6.93. The lowest BCUT2D eigenvalue weighted by molar-refractivity contribution is -0.139. The summed E-state index contributed by atoms with van der Waals surface area (Å²) >= 11 is 0. The summed E-state index contributed by atoms with van der Waals surface area (Å²) in [6.45, 7) is 3.71. The molecule has 0 radical (unpaired) electrons. The van der Waals surface area contributed by atoms with Crippen LogP contribution in [-0.4, -0.2) is 34.4 Å². The van der Waals surface area contributed by atoms with Gasteiger partial charge in [-0.25, -0.2) is 0 Å². The van der Waals surface area contributed by atoms with Crippen LogP contribution in [0.4, 0.5) is 0 Å². The van der Waals surface area contributed by atoms with Gasteiger partial charge in [0.25, 0.3) is 0 Å². The largest absolute Gasteiger partial charge is 0.480 e. The van der Waals surface area contributed by atoms with Crippen molar-refractivity contribution in [1.29, 1.82) is 0 Å². The normalized spacial score (nSPS) is 14.6. The van der Waals surface area contributed by atoms with E-state index in [1.54, 1.807) is 6.92 Å². The molecule has 0 fully saturated rings. The number of carbonyl (C=O) groups is 1. The zero-order valence-electron chi connectivity index (χ0n) is 12.6. The molecule has 1 rings (SSSR count). The van der Waals surface area contributed by atoms with Gasteiger partial charge < -0.3 is 15.5 Å². The Labute approximate surface area is 126 Å². The lowest BCUT2D eigenvalue weighted by atomic mass is 10.0. The predicted molar refractivity (Wildman–Crippen MR) is 82.9 cm³/mol. The van der Waals surface area contributed by atoms with Crippen molar-refractivity contribution in [3.05, 3.63) is 35.9 Å². The van der Waals surface area contributed by atoms with Crippen molar-refractivity contribution < 1.29 is 15.0 Å². The quantitative estimate of drug-likeness (QED) is 0.672. The van der Waals surface area contributed by atoms with E-state index >= 15 is 0 Å². The predicted octanol–water partition coefficient (Wildman–Crippen LogP) is 2.02. The van der Waals surface area contributed by atoms with Crippen LogP contribution in [0, 0.1) is 11.8 Å². The molecule has 0 amide bonds. The molecule has 0 saturated heterocycles. The molecule has 4 nitrogen and oxygen atoms in total. The van der Waals surface area contributed by atoms with Gasteiger partial charge in [0, 0.05) is 12.1 Å². The Bertz CT molecular complexity index is 500. The summed E-state index contributed by atoms with van der Waals surface area (Å²) in [7, 11) is 0. The summed E-state index contributed by atoms with van der Waals surface area (Å²) < 4.78 is 0. The molecule has 0 aliphatic heterocycles. The first kappa shape index (κ1) is 17.2. The van der Waals surface area contributed by atoms with E-state index in [4.69, 9.17) is 5.11 Å². The molecule has 0 aliphatic rings. The minimum Gasteiger partial charge on any atom is -0.480 e. The fourth-order valence-corrected chi connectivity index (χ4v) is 1.82. The number of unbranched alkanes of at least 4 members (excludes halogenated alkanes) is 1. The van der Waals surface area contributed by atoms with Crippen molar-refractivity contribution in [2.24, 2.45) is 0 Å². The van der Waals surface area contributed by atoms with Crippen LogP contribution < -0.4 is 5.32 Å². The summed E-state index contributed by atoms with van der Waals surface area (Å²) in [6, 6.07) is 8.73. The van der Waals surface area contributed by atoms with Gasteiger partial charge >= 0.3 is 5.97 Å². The van der Waals surface area contributed by atoms with E-state index in [-0.39, 0.29) is 6.54 Å². The van der Waals surface area contributed by atoms with Crippen LogP contribution in [0.15, 0.2) is 30.3 Å². The average Bonchev–Trinajstić information content (AvgIpc) is 2.46. The maximum atomic E-state index is 11.1. The topological polar surface area (TPSA) is 69.6 Å². The van der Waals surface area contributed by atoms with E-state index in [2.05, 4.69) is 17.2 Å². The molecule has 4 heteroatoms. The minimum absolute atomic E-state index is 0.119. The van der Waals surface area contributed by atoms with Gasteiger partial charge in [-0.05, 0) is 25.5 Å². The maximum Gasteiger partial charge on any atom is 0.320 e.